The molecule has 1 aromatic heterocycles. The van der Waals surface area contributed by atoms with Crippen LogP contribution in [0.2, 0.25) is 0 Å². The summed E-state index contributed by atoms with van der Waals surface area (Å²) >= 11 is 0. The Balaban J connectivity index is 1.87. The number of imidazole rings is 1. The highest BCUT2D eigenvalue weighted by molar-refractivity contribution is 5.76. The molecule has 1 amide bonds. The van der Waals surface area contributed by atoms with Crippen LogP contribution < -0.4 is 5.32 Å². The van der Waals surface area contributed by atoms with E-state index in [-0.39, 0.29) is 31.1 Å². The average molecular weight is 331 g/mol. The summed E-state index contributed by atoms with van der Waals surface area (Å²) in [5, 5.41) is 2.91. The summed E-state index contributed by atoms with van der Waals surface area (Å²) < 4.78 is 36.4. The van der Waals surface area contributed by atoms with Crippen LogP contribution in [-0.2, 0) is 20.8 Å². The van der Waals surface area contributed by atoms with Crippen molar-refractivity contribution >= 4 is 5.91 Å². The maximum absolute atomic E-state index is 12.0. The lowest BCUT2D eigenvalue weighted by Crippen LogP contribution is -2.43. The average Bonchev–Trinajstić information content (AvgIpc) is 3.00. The number of ether oxygens (including phenoxy) is 2. The number of aryl methyl sites for hydroxylation is 1. The fourth-order valence-electron chi connectivity index (χ4n) is 2.64. The van der Waals surface area contributed by atoms with Gasteiger partial charge in [0.1, 0.15) is 18.5 Å². The number of carbonyl (C=O) groups excluding carboxylic acids is 1. The first kappa shape index (κ1) is 17.8. The Hall–Kier alpha value is -1.54. The number of aromatic nitrogens is 2. The molecule has 1 aliphatic rings. The Labute approximate surface area is 134 Å². The summed E-state index contributed by atoms with van der Waals surface area (Å²) in [7, 11) is 0. The van der Waals surface area contributed by atoms with E-state index in [2.05, 4.69) is 10.3 Å². The molecule has 0 aliphatic carbocycles. The molecule has 1 aliphatic heterocycles. The van der Waals surface area contributed by atoms with Crippen LogP contribution in [-0.4, -0.2) is 47.7 Å². The Bertz CT molecular complexity index is 496. The summed E-state index contributed by atoms with van der Waals surface area (Å²) in [5.41, 5.74) is 0. The van der Waals surface area contributed by atoms with E-state index in [0.29, 0.717) is 6.61 Å². The van der Waals surface area contributed by atoms with Gasteiger partial charge in [-0.05, 0) is 19.8 Å². The Kier molecular flexibility index (Phi) is 6.91. The second-order valence-electron chi connectivity index (χ2n) is 5.40. The number of nitrogens with one attached hydrogen (secondary N) is 1. The highest BCUT2D eigenvalue weighted by atomic mass is 19.3. The van der Waals surface area contributed by atoms with E-state index in [9.17, 15) is 13.6 Å². The maximum atomic E-state index is 12.0. The molecule has 6 nitrogen and oxygen atoms in total. The highest BCUT2D eigenvalue weighted by Crippen LogP contribution is 2.27. The normalized spacial score (nSPS) is 21.6. The second kappa shape index (κ2) is 8.93. The van der Waals surface area contributed by atoms with Crippen LogP contribution in [0.3, 0.4) is 0 Å². The minimum absolute atomic E-state index is 0.0159. The van der Waals surface area contributed by atoms with Crippen LogP contribution in [0.5, 0.6) is 0 Å². The number of amides is 1. The van der Waals surface area contributed by atoms with Crippen molar-refractivity contribution in [2.24, 2.45) is 0 Å². The molecule has 0 bridgehead atoms. The third kappa shape index (κ3) is 5.24. The largest absolute Gasteiger partial charge is 0.375 e. The van der Waals surface area contributed by atoms with E-state index < -0.39 is 13.0 Å². The lowest BCUT2D eigenvalue weighted by molar-refractivity contribution is -0.125. The molecule has 0 unspecified atom stereocenters. The molecule has 1 fully saturated rings. The molecule has 23 heavy (non-hydrogen) atoms. The van der Waals surface area contributed by atoms with Gasteiger partial charge in [-0.25, -0.2) is 13.8 Å². The number of nitrogens with zero attached hydrogens (tertiary/aromatic N) is 2. The molecular formula is C15H23F2N3O3. The third-order valence-electron chi connectivity index (χ3n) is 3.73. The van der Waals surface area contributed by atoms with Gasteiger partial charge in [-0.1, -0.05) is 0 Å². The summed E-state index contributed by atoms with van der Waals surface area (Å²) in [6, 6.07) is -0.168. The second-order valence-corrected chi connectivity index (χ2v) is 5.40. The first-order valence-corrected chi connectivity index (χ1v) is 7.89. The molecule has 2 heterocycles. The van der Waals surface area contributed by atoms with Gasteiger partial charge < -0.3 is 19.4 Å². The number of hydrogen-bond acceptors (Lipinski definition) is 4. The van der Waals surface area contributed by atoms with Gasteiger partial charge >= 0.3 is 0 Å². The summed E-state index contributed by atoms with van der Waals surface area (Å²) in [6.45, 7) is 2.76. The van der Waals surface area contributed by atoms with Crippen molar-refractivity contribution < 1.29 is 23.0 Å². The number of carbonyl (C=O) groups is 1. The Morgan fingerprint density at radius 3 is 3.17 bits per heavy atom. The zero-order valence-electron chi connectivity index (χ0n) is 13.2. The lowest BCUT2D eigenvalue weighted by Gasteiger charge is -2.32. The van der Waals surface area contributed by atoms with Crippen LogP contribution in [0.1, 0.15) is 38.1 Å². The molecule has 2 rings (SSSR count). The Morgan fingerprint density at radius 1 is 1.61 bits per heavy atom. The summed E-state index contributed by atoms with van der Waals surface area (Å²) in [6.07, 6.45) is 2.50. The quantitative estimate of drug-likeness (QED) is 0.739. The van der Waals surface area contributed by atoms with Crippen molar-refractivity contribution in [2.45, 2.75) is 51.3 Å². The number of alkyl halides is 2. The predicted molar refractivity (Wildman–Crippen MR) is 79.2 cm³/mol. The fourth-order valence-corrected chi connectivity index (χ4v) is 2.64. The van der Waals surface area contributed by atoms with Crippen LogP contribution in [0.4, 0.5) is 8.78 Å². The topological polar surface area (TPSA) is 65.4 Å². The molecule has 1 aromatic rings. The van der Waals surface area contributed by atoms with E-state index in [0.717, 1.165) is 25.2 Å². The third-order valence-corrected chi connectivity index (χ3v) is 3.73. The fraction of sp³-hybridized carbons (Fsp3) is 0.733. The van der Waals surface area contributed by atoms with E-state index in [1.807, 2.05) is 17.7 Å². The van der Waals surface area contributed by atoms with Gasteiger partial charge in [0.25, 0.3) is 6.43 Å². The minimum Gasteiger partial charge on any atom is -0.375 e. The first-order valence-electron chi connectivity index (χ1n) is 7.89. The molecule has 0 spiro atoms. The standard InChI is InChI=1S/C15H23F2N3O3/c1-2-20-7-6-18-15(20)14-11(4-3-8-23-14)19-13(21)5-9-22-10-12(16)17/h6-7,11-12,14H,2-5,8-10H2,1H3,(H,19,21)/t11-,14-/m1/s1. The summed E-state index contributed by atoms with van der Waals surface area (Å²) in [4.78, 5) is 16.3. The molecule has 0 aromatic carbocycles. The molecule has 0 saturated carbocycles. The number of halogens is 2. The lowest BCUT2D eigenvalue weighted by atomic mass is 10.0. The molecule has 130 valence electrons. The zero-order chi connectivity index (χ0) is 16.7. The van der Waals surface area contributed by atoms with Crippen molar-refractivity contribution in [1.29, 1.82) is 0 Å². The van der Waals surface area contributed by atoms with Crippen LogP contribution in [0.15, 0.2) is 12.4 Å². The van der Waals surface area contributed by atoms with Gasteiger partial charge in [-0.3, -0.25) is 4.79 Å². The molecule has 0 radical (unpaired) electrons. The van der Waals surface area contributed by atoms with Gasteiger partial charge in [0.05, 0.1) is 12.6 Å². The van der Waals surface area contributed by atoms with Gasteiger partial charge in [0, 0.05) is 32.0 Å². The maximum Gasteiger partial charge on any atom is 0.261 e. The minimum atomic E-state index is -2.51. The van der Waals surface area contributed by atoms with E-state index >= 15 is 0 Å². The van der Waals surface area contributed by atoms with E-state index in [1.165, 1.54) is 0 Å². The van der Waals surface area contributed by atoms with Crippen LogP contribution in [0, 0.1) is 0 Å². The van der Waals surface area contributed by atoms with Crippen LogP contribution in [0.25, 0.3) is 0 Å². The van der Waals surface area contributed by atoms with Crippen molar-refractivity contribution in [3.05, 3.63) is 18.2 Å². The van der Waals surface area contributed by atoms with Gasteiger partial charge in [-0.2, -0.15) is 0 Å². The Morgan fingerprint density at radius 2 is 2.43 bits per heavy atom. The van der Waals surface area contributed by atoms with Crippen molar-refractivity contribution in [3.8, 4) is 0 Å². The van der Waals surface area contributed by atoms with Crippen molar-refractivity contribution in [1.82, 2.24) is 14.9 Å². The SMILES string of the molecule is CCn1ccnc1[C@@H]1OCCC[C@H]1NC(=O)CCOCC(F)F. The van der Waals surface area contributed by atoms with Gasteiger partial charge in [0.2, 0.25) is 5.91 Å². The predicted octanol–water partition coefficient (Wildman–Crippen LogP) is 1.91. The molecular weight excluding hydrogens is 308 g/mol. The number of hydrogen-bond donors (Lipinski definition) is 1. The number of rotatable bonds is 8. The monoisotopic (exact) mass is 331 g/mol. The van der Waals surface area contributed by atoms with Gasteiger partial charge in [0.15, 0.2) is 0 Å². The smallest absolute Gasteiger partial charge is 0.261 e. The molecule has 1 saturated heterocycles. The first-order chi connectivity index (χ1) is 11.1. The molecule has 2 atom stereocenters. The van der Waals surface area contributed by atoms with Gasteiger partial charge in [-0.15, -0.1) is 0 Å². The zero-order valence-corrected chi connectivity index (χ0v) is 13.2. The molecule has 8 heteroatoms. The van der Waals surface area contributed by atoms with E-state index in [4.69, 9.17) is 9.47 Å². The van der Waals surface area contributed by atoms with Crippen molar-refractivity contribution in [2.75, 3.05) is 19.8 Å². The molecule has 1 N–H and O–H groups in total. The van der Waals surface area contributed by atoms with E-state index in [1.54, 1.807) is 6.20 Å². The van der Waals surface area contributed by atoms with Crippen molar-refractivity contribution in [3.63, 3.8) is 0 Å². The van der Waals surface area contributed by atoms with Crippen LogP contribution >= 0.6 is 0 Å². The highest BCUT2D eigenvalue weighted by Gasteiger charge is 2.31. The summed E-state index contributed by atoms with van der Waals surface area (Å²) in [5.74, 6) is 0.570.